The molecular formula is C26H44O2. The minimum Gasteiger partial charge on any atom is -0.469 e. The fraction of sp³-hybridized carbons (Fsp3) is 0.654. The Labute approximate surface area is 174 Å². The molecule has 0 aliphatic carbocycles. The Kier molecular flexibility index (Phi) is 17.7. The van der Waals surface area contributed by atoms with Gasteiger partial charge in [-0.05, 0) is 79.1 Å². The molecule has 0 aliphatic rings. The zero-order chi connectivity index (χ0) is 21.0. The minimum atomic E-state index is -0.0862. The molecule has 0 unspecified atom stereocenters. The third-order valence-corrected chi connectivity index (χ3v) is 4.87. The van der Waals surface area contributed by atoms with Crippen LogP contribution in [-0.2, 0) is 9.53 Å². The number of rotatable bonds is 16. The van der Waals surface area contributed by atoms with Gasteiger partial charge in [0, 0.05) is 6.42 Å². The average Bonchev–Trinajstić information content (AvgIpc) is 2.65. The van der Waals surface area contributed by atoms with Gasteiger partial charge in [0.25, 0.3) is 0 Å². The van der Waals surface area contributed by atoms with Gasteiger partial charge in [-0.3, -0.25) is 4.79 Å². The third kappa shape index (κ3) is 19.2. The second-order valence-corrected chi connectivity index (χ2v) is 8.05. The van der Waals surface area contributed by atoms with E-state index in [0.717, 1.165) is 38.5 Å². The van der Waals surface area contributed by atoms with Crippen LogP contribution in [0.15, 0.2) is 47.1 Å². The molecular weight excluding hydrogens is 344 g/mol. The first-order chi connectivity index (χ1) is 13.5. The van der Waals surface area contributed by atoms with Crippen LogP contribution in [0, 0.1) is 0 Å². The van der Waals surface area contributed by atoms with E-state index in [9.17, 15) is 4.79 Å². The summed E-state index contributed by atoms with van der Waals surface area (Å²) >= 11 is 0. The van der Waals surface area contributed by atoms with Crippen molar-refractivity contribution in [1.29, 1.82) is 0 Å². The van der Waals surface area contributed by atoms with E-state index in [1.165, 1.54) is 55.9 Å². The van der Waals surface area contributed by atoms with E-state index in [0.29, 0.717) is 6.42 Å². The Morgan fingerprint density at radius 3 is 1.96 bits per heavy atom. The molecule has 28 heavy (non-hydrogen) atoms. The fourth-order valence-electron chi connectivity index (χ4n) is 2.99. The summed E-state index contributed by atoms with van der Waals surface area (Å²) in [6.45, 7) is 8.82. The van der Waals surface area contributed by atoms with E-state index in [1.54, 1.807) is 0 Å². The summed E-state index contributed by atoms with van der Waals surface area (Å²) in [6.07, 6.45) is 24.9. The Balaban J connectivity index is 3.66. The molecule has 0 fully saturated rings. The monoisotopic (exact) mass is 388 g/mol. The van der Waals surface area contributed by atoms with Crippen molar-refractivity contribution in [3.05, 3.63) is 47.1 Å². The van der Waals surface area contributed by atoms with E-state index in [2.05, 4.69) is 62.8 Å². The van der Waals surface area contributed by atoms with Gasteiger partial charge in [-0.2, -0.15) is 0 Å². The molecule has 0 aliphatic heterocycles. The van der Waals surface area contributed by atoms with Crippen LogP contribution >= 0.6 is 0 Å². The largest absolute Gasteiger partial charge is 0.469 e. The Morgan fingerprint density at radius 2 is 1.29 bits per heavy atom. The summed E-state index contributed by atoms with van der Waals surface area (Å²) < 4.78 is 4.65. The standard InChI is InChI=1S/C26H44O2/c1-23(2)17-15-19-25(4)21-16-20-24(3)18-13-11-9-7-6-8-10-12-14-22-26(27)28-5/h9,11,17-18,21H,6-8,10,12-16,19-20,22H2,1-5H3/b11-9+,24-18+,25-21+. The molecule has 0 heterocycles. The molecule has 160 valence electrons. The lowest BCUT2D eigenvalue weighted by Gasteiger charge is -2.01. The Morgan fingerprint density at radius 1 is 0.679 bits per heavy atom. The van der Waals surface area contributed by atoms with Gasteiger partial charge in [-0.15, -0.1) is 0 Å². The van der Waals surface area contributed by atoms with Crippen LogP contribution < -0.4 is 0 Å². The summed E-state index contributed by atoms with van der Waals surface area (Å²) in [5.41, 5.74) is 4.41. The molecule has 0 amide bonds. The molecule has 2 heteroatoms. The van der Waals surface area contributed by atoms with Crippen molar-refractivity contribution in [2.45, 2.75) is 105 Å². The lowest BCUT2D eigenvalue weighted by atomic mass is 10.1. The molecule has 0 aromatic rings. The number of hydrogen-bond donors (Lipinski definition) is 0. The van der Waals surface area contributed by atoms with Gasteiger partial charge in [0.05, 0.1) is 7.11 Å². The Bertz CT molecular complexity index is 517. The molecule has 0 aromatic heterocycles. The van der Waals surface area contributed by atoms with Crippen LogP contribution in [0.2, 0.25) is 0 Å². The number of allylic oxidation sites excluding steroid dienone is 8. The van der Waals surface area contributed by atoms with Gasteiger partial charge in [0.15, 0.2) is 0 Å². The topological polar surface area (TPSA) is 26.3 Å². The molecule has 0 radical (unpaired) electrons. The molecule has 0 aromatic carbocycles. The fourth-order valence-corrected chi connectivity index (χ4v) is 2.99. The van der Waals surface area contributed by atoms with E-state index in [-0.39, 0.29) is 5.97 Å². The highest BCUT2D eigenvalue weighted by atomic mass is 16.5. The van der Waals surface area contributed by atoms with Gasteiger partial charge in [0.1, 0.15) is 0 Å². The van der Waals surface area contributed by atoms with E-state index in [4.69, 9.17) is 0 Å². The third-order valence-electron chi connectivity index (χ3n) is 4.87. The van der Waals surface area contributed by atoms with Crippen molar-refractivity contribution in [3.63, 3.8) is 0 Å². The molecule has 2 nitrogen and oxygen atoms in total. The molecule has 0 atom stereocenters. The molecule has 0 N–H and O–H groups in total. The lowest BCUT2D eigenvalue weighted by Crippen LogP contribution is -1.98. The van der Waals surface area contributed by atoms with Crippen LogP contribution in [0.5, 0.6) is 0 Å². The minimum absolute atomic E-state index is 0.0862. The van der Waals surface area contributed by atoms with E-state index < -0.39 is 0 Å². The number of carbonyl (C=O) groups excluding carboxylic acids is 1. The van der Waals surface area contributed by atoms with Gasteiger partial charge >= 0.3 is 5.97 Å². The van der Waals surface area contributed by atoms with Crippen molar-refractivity contribution in [2.75, 3.05) is 7.11 Å². The summed E-state index contributed by atoms with van der Waals surface area (Å²) in [6, 6.07) is 0. The number of ether oxygens (including phenoxy) is 1. The van der Waals surface area contributed by atoms with E-state index in [1.807, 2.05) is 0 Å². The van der Waals surface area contributed by atoms with Gasteiger partial charge in [0.2, 0.25) is 0 Å². The van der Waals surface area contributed by atoms with E-state index >= 15 is 0 Å². The number of hydrogen-bond acceptors (Lipinski definition) is 2. The van der Waals surface area contributed by atoms with Crippen molar-refractivity contribution in [3.8, 4) is 0 Å². The summed E-state index contributed by atoms with van der Waals surface area (Å²) in [7, 11) is 1.46. The number of carbonyl (C=O) groups is 1. The number of unbranched alkanes of at least 4 members (excludes halogenated alkanes) is 5. The highest BCUT2D eigenvalue weighted by Gasteiger charge is 1.98. The van der Waals surface area contributed by atoms with Crippen LogP contribution in [0.4, 0.5) is 0 Å². The predicted molar refractivity (Wildman–Crippen MR) is 124 cm³/mol. The summed E-state index contributed by atoms with van der Waals surface area (Å²) in [5, 5.41) is 0. The first-order valence-corrected chi connectivity index (χ1v) is 11.1. The number of methoxy groups -OCH3 is 1. The maximum Gasteiger partial charge on any atom is 0.305 e. The highest BCUT2D eigenvalue weighted by Crippen LogP contribution is 2.12. The zero-order valence-corrected chi connectivity index (χ0v) is 19.2. The first-order valence-electron chi connectivity index (χ1n) is 11.1. The maximum atomic E-state index is 11.0. The van der Waals surface area contributed by atoms with Gasteiger partial charge in [-0.1, -0.05) is 66.4 Å². The molecule has 0 saturated heterocycles. The summed E-state index contributed by atoms with van der Waals surface area (Å²) in [4.78, 5) is 11.0. The van der Waals surface area contributed by atoms with Crippen molar-refractivity contribution in [1.82, 2.24) is 0 Å². The molecule has 0 saturated carbocycles. The van der Waals surface area contributed by atoms with Crippen LogP contribution in [-0.4, -0.2) is 13.1 Å². The SMILES string of the molecule is COC(=O)CCCCCCC/C=C/C/C=C(\C)CC/C=C(\C)CCC=C(C)C. The lowest BCUT2D eigenvalue weighted by molar-refractivity contribution is -0.140. The van der Waals surface area contributed by atoms with Crippen LogP contribution in [0.25, 0.3) is 0 Å². The van der Waals surface area contributed by atoms with Crippen molar-refractivity contribution >= 4 is 5.97 Å². The molecule has 0 spiro atoms. The smallest absolute Gasteiger partial charge is 0.305 e. The first kappa shape index (κ1) is 26.4. The van der Waals surface area contributed by atoms with Gasteiger partial charge in [-0.25, -0.2) is 0 Å². The second kappa shape index (κ2) is 18.8. The zero-order valence-electron chi connectivity index (χ0n) is 19.2. The van der Waals surface area contributed by atoms with Crippen molar-refractivity contribution in [2.24, 2.45) is 0 Å². The van der Waals surface area contributed by atoms with Crippen LogP contribution in [0.1, 0.15) is 105 Å². The highest BCUT2D eigenvalue weighted by molar-refractivity contribution is 5.68. The molecule has 0 bridgehead atoms. The summed E-state index contributed by atoms with van der Waals surface area (Å²) in [5.74, 6) is -0.0862. The molecule has 0 rings (SSSR count). The second-order valence-electron chi connectivity index (χ2n) is 8.05. The predicted octanol–water partition coefficient (Wildman–Crippen LogP) is 8.26. The van der Waals surface area contributed by atoms with Gasteiger partial charge < -0.3 is 4.74 Å². The average molecular weight is 389 g/mol. The quantitative estimate of drug-likeness (QED) is 0.151. The van der Waals surface area contributed by atoms with Crippen molar-refractivity contribution < 1.29 is 9.53 Å². The Hall–Kier alpha value is -1.57. The maximum absolute atomic E-state index is 11.0. The van der Waals surface area contributed by atoms with Crippen LogP contribution in [0.3, 0.4) is 0 Å². The number of esters is 1. The normalized spacial score (nSPS) is 12.5.